The number of aromatic amines is 1. The highest BCUT2D eigenvalue weighted by Crippen LogP contribution is 2.12. The van der Waals surface area contributed by atoms with Crippen LogP contribution in [0.5, 0.6) is 0 Å². The van der Waals surface area contributed by atoms with Gasteiger partial charge in [-0.3, -0.25) is 5.10 Å². The van der Waals surface area contributed by atoms with Gasteiger partial charge in [0.05, 0.1) is 12.8 Å². The Balaban J connectivity index is 2.79. The first-order valence-corrected chi connectivity index (χ1v) is 8.27. The summed E-state index contributed by atoms with van der Waals surface area (Å²) in [5.41, 5.74) is 0.637. The van der Waals surface area contributed by atoms with Crippen LogP contribution in [-0.4, -0.2) is 44.9 Å². The molecule has 0 saturated heterocycles. The molecule has 0 bridgehead atoms. The molecule has 1 unspecified atom stereocenters. The van der Waals surface area contributed by atoms with Crippen molar-refractivity contribution in [2.45, 2.75) is 44.3 Å². The van der Waals surface area contributed by atoms with Gasteiger partial charge in [0, 0.05) is 25.3 Å². The average Bonchev–Trinajstić information content (AvgIpc) is 2.87. The third-order valence-corrected chi connectivity index (χ3v) is 4.41. The molecule has 0 aliphatic carbocycles. The number of nitrogens with one attached hydrogen (secondary N) is 3. The van der Waals surface area contributed by atoms with Crippen LogP contribution in [0.25, 0.3) is 0 Å². The lowest BCUT2D eigenvalue weighted by molar-refractivity contribution is 0.173. The van der Waals surface area contributed by atoms with Crippen molar-refractivity contribution in [2.24, 2.45) is 0 Å². The van der Waals surface area contributed by atoms with Crippen molar-refractivity contribution in [3.63, 3.8) is 0 Å². The molecule has 7 nitrogen and oxygen atoms in total. The molecule has 116 valence electrons. The number of aromatic nitrogens is 2. The minimum atomic E-state index is -3.61. The van der Waals surface area contributed by atoms with Gasteiger partial charge in [0.1, 0.15) is 0 Å². The summed E-state index contributed by atoms with van der Waals surface area (Å²) in [5.74, 6) is 0. The minimum Gasteiger partial charge on any atom is -0.383 e. The van der Waals surface area contributed by atoms with Gasteiger partial charge in [-0.1, -0.05) is 13.8 Å². The Morgan fingerprint density at radius 1 is 1.45 bits per heavy atom. The van der Waals surface area contributed by atoms with Crippen molar-refractivity contribution in [3.8, 4) is 0 Å². The Labute approximate surface area is 120 Å². The van der Waals surface area contributed by atoms with Gasteiger partial charge in [-0.2, -0.15) is 5.10 Å². The van der Waals surface area contributed by atoms with Crippen LogP contribution < -0.4 is 10.0 Å². The second-order valence-corrected chi connectivity index (χ2v) is 6.23. The van der Waals surface area contributed by atoms with Gasteiger partial charge >= 0.3 is 0 Å². The van der Waals surface area contributed by atoms with Crippen LogP contribution >= 0.6 is 0 Å². The van der Waals surface area contributed by atoms with Crippen molar-refractivity contribution >= 4 is 10.0 Å². The molecule has 20 heavy (non-hydrogen) atoms. The van der Waals surface area contributed by atoms with Crippen LogP contribution in [0, 0.1) is 0 Å². The van der Waals surface area contributed by atoms with E-state index < -0.39 is 10.0 Å². The average molecular weight is 304 g/mol. The maximum absolute atomic E-state index is 12.3. The monoisotopic (exact) mass is 304 g/mol. The molecule has 1 rings (SSSR count). The maximum Gasteiger partial charge on any atom is 0.258 e. The lowest BCUT2D eigenvalue weighted by Crippen LogP contribution is -2.38. The van der Waals surface area contributed by atoms with E-state index in [4.69, 9.17) is 4.74 Å². The van der Waals surface area contributed by atoms with E-state index in [9.17, 15) is 8.42 Å². The van der Waals surface area contributed by atoms with E-state index in [-0.39, 0.29) is 11.1 Å². The maximum atomic E-state index is 12.3. The normalized spacial score (nSPS) is 13.6. The van der Waals surface area contributed by atoms with Gasteiger partial charge in [0.25, 0.3) is 10.0 Å². The van der Waals surface area contributed by atoms with Crippen molar-refractivity contribution < 1.29 is 13.2 Å². The number of nitrogens with zero attached hydrogens (tertiary/aromatic N) is 1. The number of rotatable bonds is 10. The Morgan fingerprint density at radius 2 is 2.20 bits per heavy atom. The van der Waals surface area contributed by atoms with Crippen LogP contribution in [0.2, 0.25) is 0 Å². The number of H-pyrrole nitrogens is 1. The van der Waals surface area contributed by atoms with Gasteiger partial charge in [0.2, 0.25) is 0 Å². The lowest BCUT2D eigenvalue weighted by Gasteiger charge is -2.16. The van der Waals surface area contributed by atoms with Crippen molar-refractivity contribution in [3.05, 3.63) is 11.8 Å². The summed E-state index contributed by atoms with van der Waals surface area (Å²) < 4.78 is 32.3. The summed E-state index contributed by atoms with van der Waals surface area (Å²) in [4.78, 5) is 0. The van der Waals surface area contributed by atoms with E-state index in [1.165, 1.54) is 6.20 Å². The second-order valence-electron chi connectivity index (χ2n) is 4.58. The van der Waals surface area contributed by atoms with Crippen molar-refractivity contribution in [1.29, 1.82) is 0 Å². The number of sulfonamides is 1. The van der Waals surface area contributed by atoms with E-state index >= 15 is 0 Å². The molecule has 1 heterocycles. The molecule has 0 fully saturated rings. The Bertz CT molecular complexity index is 487. The molecule has 0 aliphatic rings. The highest BCUT2D eigenvalue weighted by atomic mass is 32.2. The lowest BCUT2D eigenvalue weighted by atomic mass is 10.3. The summed E-state index contributed by atoms with van der Waals surface area (Å²) in [5, 5.41) is 9.68. The zero-order chi connectivity index (χ0) is 15.0. The number of methoxy groups -OCH3 is 1. The molecule has 0 amide bonds. The van der Waals surface area contributed by atoms with Crippen LogP contribution in [0.15, 0.2) is 11.2 Å². The molecule has 3 N–H and O–H groups in total. The second kappa shape index (κ2) is 8.35. The molecule has 8 heteroatoms. The number of hydrogen-bond acceptors (Lipinski definition) is 5. The fourth-order valence-electron chi connectivity index (χ4n) is 1.77. The van der Waals surface area contributed by atoms with Crippen molar-refractivity contribution in [2.75, 3.05) is 20.3 Å². The van der Waals surface area contributed by atoms with E-state index in [0.29, 0.717) is 25.1 Å². The zero-order valence-electron chi connectivity index (χ0n) is 12.3. The summed E-state index contributed by atoms with van der Waals surface area (Å²) in [6.45, 7) is 5.61. The number of hydrogen-bond donors (Lipinski definition) is 3. The standard InChI is InChI=1S/C12H24N4O3S/c1-4-6-13-7-10-8-14-15-12(10)20(17,18)16-11(5-2)9-19-3/h8,11,13,16H,4-7,9H2,1-3H3,(H,14,15). The first-order chi connectivity index (χ1) is 9.55. The molecule has 1 aromatic rings. The molecule has 1 aromatic heterocycles. The third kappa shape index (κ3) is 4.86. The van der Waals surface area contributed by atoms with Crippen LogP contribution in [-0.2, 0) is 21.3 Å². The van der Waals surface area contributed by atoms with Gasteiger partial charge in [-0.05, 0) is 19.4 Å². The molecular formula is C12H24N4O3S. The van der Waals surface area contributed by atoms with Gasteiger partial charge in [-0.25, -0.2) is 13.1 Å². The first-order valence-electron chi connectivity index (χ1n) is 6.79. The summed E-state index contributed by atoms with van der Waals surface area (Å²) in [6, 6.07) is -0.246. The molecule has 0 saturated carbocycles. The molecular weight excluding hydrogens is 280 g/mol. The molecule has 0 aliphatic heterocycles. The summed E-state index contributed by atoms with van der Waals surface area (Å²) >= 11 is 0. The fourth-order valence-corrected chi connectivity index (χ4v) is 3.21. The highest BCUT2D eigenvalue weighted by Gasteiger charge is 2.23. The largest absolute Gasteiger partial charge is 0.383 e. The van der Waals surface area contributed by atoms with Gasteiger partial charge in [-0.15, -0.1) is 0 Å². The quantitative estimate of drug-likeness (QED) is 0.551. The molecule has 0 aromatic carbocycles. The number of ether oxygens (including phenoxy) is 1. The summed E-state index contributed by atoms with van der Waals surface area (Å²) in [6.07, 6.45) is 3.18. The fraction of sp³-hybridized carbons (Fsp3) is 0.750. The van der Waals surface area contributed by atoms with E-state index in [2.05, 4.69) is 27.2 Å². The molecule has 1 atom stereocenters. The first kappa shape index (κ1) is 17.1. The third-order valence-electron chi connectivity index (χ3n) is 2.87. The van der Waals surface area contributed by atoms with E-state index in [1.54, 1.807) is 7.11 Å². The Kier molecular flexibility index (Phi) is 7.14. The van der Waals surface area contributed by atoms with E-state index in [1.807, 2.05) is 6.92 Å². The van der Waals surface area contributed by atoms with Gasteiger partial charge in [0.15, 0.2) is 5.03 Å². The molecule has 0 radical (unpaired) electrons. The predicted octanol–water partition coefficient (Wildman–Crippen LogP) is 0.613. The highest BCUT2D eigenvalue weighted by molar-refractivity contribution is 7.89. The van der Waals surface area contributed by atoms with Crippen LogP contribution in [0.4, 0.5) is 0 Å². The molecule has 0 spiro atoms. The Morgan fingerprint density at radius 3 is 2.80 bits per heavy atom. The topological polar surface area (TPSA) is 96.1 Å². The smallest absolute Gasteiger partial charge is 0.258 e. The summed E-state index contributed by atoms with van der Waals surface area (Å²) in [7, 11) is -2.06. The van der Waals surface area contributed by atoms with Crippen LogP contribution in [0.1, 0.15) is 32.3 Å². The van der Waals surface area contributed by atoms with Crippen molar-refractivity contribution in [1.82, 2.24) is 20.2 Å². The van der Waals surface area contributed by atoms with E-state index in [0.717, 1.165) is 13.0 Å². The SMILES string of the molecule is CCCNCc1cn[nH]c1S(=O)(=O)NC(CC)COC. The predicted molar refractivity (Wildman–Crippen MR) is 76.9 cm³/mol. The minimum absolute atomic E-state index is 0.121. The van der Waals surface area contributed by atoms with Gasteiger partial charge < -0.3 is 10.1 Å². The van der Waals surface area contributed by atoms with Crippen LogP contribution in [0.3, 0.4) is 0 Å². The Hall–Kier alpha value is -0.960. The zero-order valence-corrected chi connectivity index (χ0v) is 13.1.